The molecule has 1 heterocycles. The molecule has 3 aromatic rings. The van der Waals surface area contributed by atoms with Gasteiger partial charge in [0.1, 0.15) is 11.5 Å². The van der Waals surface area contributed by atoms with Crippen molar-refractivity contribution in [1.29, 1.82) is 0 Å². The summed E-state index contributed by atoms with van der Waals surface area (Å²) in [5, 5.41) is 3.48. The van der Waals surface area contributed by atoms with Gasteiger partial charge in [0.25, 0.3) is 5.91 Å². The normalized spacial score (nSPS) is 12.7. The van der Waals surface area contributed by atoms with Crippen LogP contribution in [0.1, 0.15) is 11.1 Å². The van der Waals surface area contributed by atoms with E-state index in [9.17, 15) is 9.59 Å². The molecule has 158 valence electrons. The van der Waals surface area contributed by atoms with Crippen molar-refractivity contribution in [1.82, 2.24) is 0 Å². The molecule has 0 spiro atoms. The fourth-order valence-corrected chi connectivity index (χ4v) is 3.58. The third kappa shape index (κ3) is 4.81. The number of rotatable bonds is 6. The number of carbonyl (C=O) groups is 2. The van der Waals surface area contributed by atoms with Gasteiger partial charge < -0.3 is 19.7 Å². The van der Waals surface area contributed by atoms with Crippen LogP contribution in [-0.2, 0) is 22.6 Å². The third-order valence-corrected chi connectivity index (χ3v) is 5.36. The molecule has 1 N–H and O–H groups in total. The van der Waals surface area contributed by atoms with Crippen molar-refractivity contribution in [3.63, 3.8) is 0 Å². The maximum atomic E-state index is 12.6. The zero-order valence-electron chi connectivity index (χ0n) is 16.9. The van der Waals surface area contributed by atoms with Crippen LogP contribution in [0, 0.1) is 0 Å². The number of amides is 2. The summed E-state index contributed by atoms with van der Waals surface area (Å²) in [4.78, 5) is 26.7. The molecule has 0 saturated carbocycles. The monoisotopic (exact) mass is 436 g/mol. The molecule has 2 amide bonds. The maximum absolute atomic E-state index is 12.6. The van der Waals surface area contributed by atoms with E-state index >= 15 is 0 Å². The number of nitrogens with zero attached hydrogens (tertiary/aromatic N) is 1. The van der Waals surface area contributed by atoms with Crippen molar-refractivity contribution in [3.8, 4) is 11.5 Å². The number of fused-ring (bicyclic) bond motifs is 1. The van der Waals surface area contributed by atoms with Gasteiger partial charge in [-0.05, 0) is 47.5 Å². The lowest BCUT2D eigenvalue weighted by Crippen LogP contribution is -2.38. The standard InChI is InChI=1S/C24H21ClN2O4/c1-30-19-9-6-16(7-10-19)12-23(28)26-18-8-11-22-21(13-18)27(24(29)15-31-22)14-17-4-2-3-5-20(17)25/h2-11,13H,12,14-15H2,1H3,(H,26,28). The van der Waals surface area contributed by atoms with Crippen LogP contribution in [0.25, 0.3) is 0 Å². The molecular formula is C24H21ClN2O4. The second-order valence-electron chi connectivity index (χ2n) is 7.12. The van der Waals surface area contributed by atoms with E-state index in [1.807, 2.05) is 42.5 Å². The number of carbonyl (C=O) groups excluding carboxylic acids is 2. The van der Waals surface area contributed by atoms with Gasteiger partial charge in [0.05, 0.1) is 25.8 Å². The average molecular weight is 437 g/mol. The minimum Gasteiger partial charge on any atom is -0.497 e. The van der Waals surface area contributed by atoms with Crippen molar-refractivity contribution >= 4 is 34.8 Å². The van der Waals surface area contributed by atoms with Crippen molar-refractivity contribution < 1.29 is 19.1 Å². The highest BCUT2D eigenvalue weighted by Gasteiger charge is 2.26. The van der Waals surface area contributed by atoms with E-state index in [4.69, 9.17) is 21.1 Å². The molecule has 3 aromatic carbocycles. The predicted octanol–water partition coefficient (Wildman–Crippen LogP) is 4.46. The Labute approximate surface area is 185 Å². The number of hydrogen-bond donors (Lipinski definition) is 1. The Bertz CT molecular complexity index is 1110. The van der Waals surface area contributed by atoms with E-state index in [0.29, 0.717) is 28.7 Å². The Kier molecular flexibility index (Phi) is 6.09. The summed E-state index contributed by atoms with van der Waals surface area (Å²) in [6, 6.07) is 20.0. The molecule has 0 aliphatic carbocycles. The van der Waals surface area contributed by atoms with Crippen molar-refractivity contribution in [2.75, 3.05) is 23.9 Å². The lowest BCUT2D eigenvalue weighted by Gasteiger charge is -2.30. The van der Waals surface area contributed by atoms with Crippen molar-refractivity contribution in [2.24, 2.45) is 0 Å². The fraction of sp³-hybridized carbons (Fsp3) is 0.167. The molecule has 0 atom stereocenters. The topological polar surface area (TPSA) is 67.9 Å². The van der Waals surface area contributed by atoms with Gasteiger partial charge in [-0.3, -0.25) is 9.59 Å². The minimum atomic E-state index is -0.172. The average Bonchev–Trinajstić information content (AvgIpc) is 2.77. The number of ether oxygens (including phenoxy) is 2. The van der Waals surface area contributed by atoms with E-state index < -0.39 is 0 Å². The first-order valence-electron chi connectivity index (χ1n) is 9.77. The van der Waals surface area contributed by atoms with Crippen molar-refractivity contribution in [3.05, 3.63) is 82.9 Å². The highest BCUT2D eigenvalue weighted by atomic mass is 35.5. The molecule has 0 unspecified atom stereocenters. The number of nitrogens with one attached hydrogen (secondary N) is 1. The highest BCUT2D eigenvalue weighted by Crippen LogP contribution is 2.36. The van der Waals surface area contributed by atoms with Crippen LogP contribution in [0.4, 0.5) is 11.4 Å². The van der Waals surface area contributed by atoms with Gasteiger partial charge in [0.2, 0.25) is 5.91 Å². The van der Waals surface area contributed by atoms with E-state index in [1.165, 1.54) is 0 Å². The van der Waals surface area contributed by atoms with Gasteiger partial charge in [-0.15, -0.1) is 0 Å². The van der Waals surface area contributed by atoms with Crippen molar-refractivity contribution in [2.45, 2.75) is 13.0 Å². The van der Waals surface area contributed by atoms with Gasteiger partial charge in [-0.1, -0.05) is 41.9 Å². The number of benzene rings is 3. The van der Waals surface area contributed by atoms with Crippen LogP contribution < -0.4 is 19.7 Å². The van der Waals surface area contributed by atoms with Crippen LogP contribution in [0.3, 0.4) is 0 Å². The second-order valence-corrected chi connectivity index (χ2v) is 7.52. The molecule has 0 aromatic heterocycles. The van der Waals surface area contributed by atoms with Crippen LogP contribution in [0.15, 0.2) is 66.7 Å². The van der Waals surface area contributed by atoms with Gasteiger partial charge in [0, 0.05) is 10.7 Å². The Morgan fingerprint density at radius 3 is 2.65 bits per heavy atom. The molecule has 0 fully saturated rings. The number of halogens is 1. The predicted molar refractivity (Wildman–Crippen MR) is 120 cm³/mol. The second kappa shape index (κ2) is 9.10. The van der Waals surface area contributed by atoms with E-state index in [1.54, 1.807) is 36.3 Å². The third-order valence-electron chi connectivity index (χ3n) is 5.00. The Balaban J connectivity index is 1.52. The van der Waals surface area contributed by atoms with Crippen LogP contribution in [-0.4, -0.2) is 25.5 Å². The zero-order chi connectivity index (χ0) is 21.8. The van der Waals surface area contributed by atoms with Crippen LogP contribution in [0.2, 0.25) is 5.02 Å². The van der Waals surface area contributed by atoms with Gasteiger partial charge in [-0.2, -0.15) is 0 Å². The molecule has 1 aliphatic heterocycles. The molecule has 0 radical (unpaired) electrons. The molecule has 0 bridgehead atoms. The summed E-state index contributed by atoms with van der Waals surface area (Å²) >= 11 is 6.28. The summed E-state index contributed by atoms with van der Waals surface area (Å²) in [6.45, 7) is 0.277. The molecule has 7 heteroatoms. The maximum Gasteiger partial charge on any atom is 0.265 e. The summed E-state index contributed by atoms with van der Waals surface area (Å²) < 4.78 is 10.7. The Morgan fingerprint density at radius 1 is 1.13 bits per heavy atom. The molecule has 4 rings (SSSR count). The first kappa shape index (κ1) is 20.8. The zero-order valence-corrected chi connectivity index (χ0v) is 17.7. The summed E-state index contributed by atoms with van der Waals surface area (Å²) in [7, 11) is 1.60. The Hall–Kier alpha value is -3.51. The smallest absolute Gasteiger partial charge is 0.265 e. The van der Waals surface area contributed by atoms with E-state index in [2.05, 4.69) is 5.32 Å². The molecule has 31 heavy (non-hydrogen) atoms. The van der Waals surface area contributed by atoms with Gasteiger partial charge in [-0.25, -0.2) is 0 Å². The number of anilines is 2. The van der Waals surface area contributed by atoms with Crippen LogP contribution in [0.5, 0.6) is 11.5 Å². The molecule has 1 aliphatic rings. The first-order valence-corrected chi connectivity index (χ1v) is 10.1. The fourth-order valence-electron chi connectivity index (χ4n) is 3.38. The summed E-state index contributed by atoms with van der Waals surface area (Å²) in [5.74, 6) is 0.988. The lowest BCUT2D eigenvalue weighted by atomic mass is 10.1. The minimum absolute atomic E-state index is 0.0410. The van der Waals surface area contributed by atoms with Gasteiger partial charge >= 0.3 is 0 Å². The van der Waals surface area contributed by atoms with E-state index in [0.717, 1.165) is 16.9 Å². The summed E-state index contributed by atoms with van der Waals surface area (Å²) in [5.41, 5.74) is 2.88. The highest BCUT2D eigenvalue weighted by molar-refractivity contribution is 6.31. The largest absolute Gasteiger partial charge is 0.497 e. The Morgan fingerprint density at radius 2 is 1.90 bits per heavy atom. The molecular weight excluding hydrogens is 416 g/mol. The number of methoxy groups -OCH3 is 1. The first-order chi connectivity index (χ1) is 15.0. The molecule has 0 saturated heterocycles. The van der Waals surface area contributed by atoms with Gasteiger partial charge in [0.15, 0.2) is 6.61 Å². The summed E-state index contributed by atoms with van der Waals surface area (Å²) in [6.07, 6.45) is 0.222. The quantitative estimate of drug-likeness (QED) is 0.619. The number of hydrogen-bond acceptors (Lipinski definition) is 4. The SMILES string of the molecule is COc1ccc(CC(=O)Nc2ccc3c(c2)N(Cc2ccccc2Cl)C(=O)CO3)cc1. The lowest BCUT2D eigenvalue weighted by molar-refractivity contribution is -0.121. The van der Waals surface area contributed by atoms with Crippen LogP contribution >= 0.6 is 11.6 Å². The molecule has 6 nitrogen and oxygen atoms in total. The van der Waals surface area contributed by atoms with E-state index in [-0.39, 0.29) is 24.8 Å².